The van der Waals surface area contributed by atoms with Gasteiger partial charge in [0.25, 0.3) is 10.1 Å². The quantitative estimate of drug-likeness (QED) is 0.259. The van der Waals surface area contributed by atoms with Gasteiger partial charge in [0.15, 0.2) is 8.32 Å². The van der Waals surface area contributed by atoms with Crippen LogP contribution in [0.15, 0.2) is 0 Å². The molecule has 0 amide bonds. The number of hydrogen-bond acceptors (Lipinski definition) is 5. The molecule has 1 N–H and O–H groups in total. The maximum Gasteiger partial charge on any atom is 0.438 e. The molecule has 6 nitrogen and oxygen atoms in total. The van der Waals surface area contributed by atoms with E-state index < -0.39 is 54.5 Å². The monoisotopic (exact) mass is 434 g/mol. The molecule has 0 aromatic heterocycles. The van der Waals surface area contributed by atoms with Gasteiger partial charge in [-0.2, -0.15) is 34.8 Å². The standard InChI is InChI=1S/C12H20F6O6SSi/c1-4-26(3,23-2)7-5-6-9(19)24-10(11(13,14)15,12(16,17)18)8-25(20,21)22/h4-8H2,1-3H3,(H,20,21,22). The molecule has 26 heavy (non-hydrogen) atoms. The van der Waals surface area contributed by atoms with Gasteiger partial charge in [-0.25, -0.2) is 0 Å². The van der Waals surface area contributed by atoms with Crippen molar-refractivity contribution in [2.75, 3.05) is 12.9 Å². The van der Waals surface area contributed by atoms with Gasteiger partial charge < -0.3 is 9.16 Å². The number of carbonyl (C=O) groups excluding carboxylic acids is 1. The van der Waals surface area contributed by atoms with Gasteiger partial charge >= 0.3 is 23.9 Å². The van der Waals surface area contributed by atoms with Gasteiger partial charge in [-0.05, 0) is 25.1 Å². The molecular formula is C12H20F6O6SSi. The van der Waals surface area contributed by atoms with Crippen LogP contribution in [0.4, 0.5) is 26.3 Å². The molecule has 0 aliphatic rings. The molecule has 0 heterocycles. The second-order valence-electron chi connectivity index (χ2n) is 5.88. The van der Waals surface area contributed by atoms with E-state index in [-0.39, 0.29) is 12.5 Å². The van der Waals surface area contributed by atoms with E-state index in [9.17, 15) is 39.6 Å². The highest BCUT2D eigenvalue weighted by molar-refractivity contribution is 7.85. The van der Waals surface area contributed by atoms with Crippen molar-refractivity contribution in [2.24, 2.45) is 0 Å². The second-order valence-corrected chi connectivity index (χ2v) is 11.9. The molecule has 0 radical (unpaired) electrons. The zero-order valence-corrected chi connectivity index (χ0v) is 16.0. The molecule has 0 aliphatic carbocycles. The summed E-state index contributed by atoms with van der Waals surface area (Å²) in [6, 6.07) is 0.884. The number of carbonyl (C=O) groups is 1. The fourth-order valence-corrected chi connectivity index (χ4v) is 4.67. The third-order valence-corrected chi connectivity index (χ3v) is 8.58. The Hall–Kier alpha value is -0.863. The van der Waals surface area contributed by atoms with Crippen LogP contribution in [0.25, 0.3) is 0 Å². The summed E-state index contributed by atoms with van der Waals surface area (Å²) in [6.07, 6.45) is -13.5. The van der Waals surface area contributed by atoms with Gasteiger partial charge in [0.1, 0.15) is 5.75 Å². The Labute approximate surface area is 147 Å². The SMILES string of the molecule is CC[Si](C)(CCCC(=O)OC(CS(=O)(=O)O)(C(F)(F)F)C(F)(F)F)OC. The first-order valence-electron chi connectivity index (χ1n) is 7.28. The van der Waals surface area contributed by atoms with Crippen LogP contribution in [0, 0.1) is 0 Å². The molecule has 0 aliphatic heterocycles. The Morgan fingerprint density at radius 2 is 1.58 bits per heavy atom. The van der Waals surface area contributed by atoms with Gasteiger partial charge in [-0.3, -0.25) is 9.35 Å². The molecule has 14 heteroatoms. The van der Waals surface area contributed by atoms with E-state index in [0.29, 0.717) is 6.04 Å². The first-order valence-corrected chi connectivity index (χ1v) is 11.7. The Morgan fingerprint density at radius 3 is 1.88 bits per heavy atom. The lowest BCUT2D eigenvalue weighted by molar-refractivity contribution is -0.361. The van der Waals surface area contributed by atoms with Crippen LogP contribution < -0.4 is 0 Å². The van der Waals surface area contributed by atoms with E-state index in [1.165, 1.54) is 7.11 Å². The lowest BCUT2D eigenvalue weighted by atomic mass is 10.1. The maximum absolute atomic E-state index is 13.0. The topological polar surface area (TPSA) is 89.9 Å². The van der Waals surface area contributed by atoms with Crippen molar-refractivity contribution in [3.63, 3.8) is 0 Å². The average Bonchev–Trinajstić information content (AvgIpc) is 2.42. The predicted molar refractivity (Wildman–Crippen MR) is 80.5 cm³/mol. The summed E-state index contributed by atoms with van der Waals surface area (Å²) >= 11 is 0. The molecule has 0 saturated heterocycles. The van der Waals surface area contributed by atoms with E-state index in [1.807, 2.05) is 0 Å². The molecule has 1 unspecified atom stereocenters. The minimum absolute atomic E-state index is 0.0963. The molecule has 1 atom stereocenters. The van der Waals surface area contributed by atoms with Crippen molar-refractivity contribution in [1.82, 2.24) is 0 Å². The lowest BCUT2D eigenvalue weighted by Gasteiger charge is -2.35. The smallest absolute Gasteiger partial charge is 0.438 e. The van der Waals surface area contributed by atoms with Crippen molar-refractivity contribution in [3.8, 4) is 0 Å². The Balaban J connectivity index is 5.47. The zero-order chi connectivity index (χ0) is 21.0. The largest absolute Gasteiger partial charge is 0.438 e. The maximum atomic E-state index is 13.0. The van der Waals surface area contributed by atoms with Crippen LogP contribution in [-0.4, -0.2) is 58.1 Å². The Morgan fingerprint density at radius 1 is 1.12 bits per heavy atom. The first kappa shape index (κ1) is 25.1. The van der Waals surface area contributed by atoms with E-state index >= 15 is 0 Å². The molecule has 0 saturated carbocycles. The number of halogens is 6. The molecule has 0 fully saturated rings. The van der Waals surface area contributed by atoms with Gasteiger partial charge in [-0.15, -0.1) is 0 Å². The highest BCUT2D eigenvalue weighted by atomic mass is 32.2. The van der Waals surface area contributed by atoms with Crippen LogP contribution in [-0.2, 0) is 24.1 Å². The highest BCUT2D eigenvalue weighted by Crippen LogP contribution is 2.47. The van der Waals surface area contributed by atoms with Crippen molar-refractivity contribution in [3.05, 3.63) is 0 Å². The Kier molecular flexibility index (Phi) is 8.16. The fourth-order valence-electron chi connectivity index (χ4n) is 2.00. The second kappa shape index (κ2) is 8.44. The molecule has 0 aromatic rings. The predicted octanol–water partition coefficient (Wildman–Crippen LogP) is 3.30. The number of ether oxygens (including phenoxy) is 1. The number of esters is 1. The van der Waals surface area contributed by atoms with Crippen LogP contribution in [0.2, 0.25) is 18.6 Å². The summed E-state index contributed by atoms with van der Waals surface area (Å²) < 4.78 is 117. The number of hydrogen-bond donors (Lipinski definition) is 1. The summed E-state index contributed by atoms with van der Waals surface area (Å²) in [5, 5.41) is 0. The van der Waals surface area contributed by atoms with Crippen molar-refractivity contribution >= 4 is 24.4 Å². The van der Waals surface area contributed by atoms with E-state index in [0.717, 1.165) is 0 Å². The van der Waals surface area contributed by atoms with Gasteiger partial charge in [0.2, 0.25) is 0 Å². The molecule has 0 aromatic carbocycles. The van der Waals surface area contributed by atoms with E-state index in [4.69, 9.17) is 8.98 Å². The van der Waals surface area contributed by atoms with E-state index in [1.54, 1.807) is 13.5 Å². The highest BCUT2D eigenvalue weighted by Gasteiger charge is 2.75. The molecule has 0 bridgehead atoms. The van der Waals surface area contributed by atoms with E-state index in [2.05, 4.69) is 4.74 Å². The summed E-state index contributed by atoms with van der Waals surface area (Å²) in [5.74, 6) is -4.76. The average molecular weight is 434 g/mol. The number of rotatable bonds is 9. The minimum Gasteiger partial charge on any atom is -0.438 e. The Bertz CT molecular complexity index is 570. The van der Waals surface area contributed by atoms with Gasteiger partial charge in [0.05, 0.1) is 0 Å². The molecule has 0 spiro atoms. The molecule has 0 rings (SSSR count). The van der Waals surface area contributed by atoms with Crippen LogP contribution >= 0.6 is 0 Å². The van der Waals surface area contributed by atoms with Crippen molar-refractivity contribution in [1.29, 1.82) is 0 Å². The fraction of sp³-hybridized carbons (Fsp3) is 0.917. The van der Waals surface area contributed by atoms with Gasteiger partial charge in [-0.1, -0.05) is 6.92 Å². The number of alkyl halides is 6. The zero-order valence-electron chi connectivity index (χ0n) is 14.2. The lowest BCUT2D eigenvalue weighted by Crippen LogP contribution is -2.63. The van der Waals surface area contributed by atoms with Crippen molar-refractivity contribution < 1.29 is 53.3 Å². The summed E-state index contributed by atoms with van der Waals surface area (Å²) in [6.45, 7) is 3.56. The first-order chi connectivity index (χ1) is 11.4. The molecule has 156 valence electrons. The third kappa shape index (κ3) is 6.70. The minimum atomic E-state index is -6.31. The third-order valence-electron chi connectivity index (χ3n) is 3.92. The van der Waals surface area contributed by atoms with Crippen molar-refractivity contribution in [2.45, 2.75) is 56.4 Å². The summed E-state index contributed by atoms with van der Waals surface area (Å²) in [5.41, 5.74) is -5.35. The normalized spacial score (nSPS) is 16.2. The van der Waals surface area contributed by atoms with Crippen LogP contribution in [0.1, 0.15) is 19.8 Å². The summed E-state index contributed by atoms with van der Waals surface area (Å²) in [4.78, 5) is 11.6. The van der Waals surface area contributed by atoms with Gasteiger partial charge in [0, 0.05) is 13.5 Å². The van der Waals surface area contributed by atoms with Crippen LogP contribution in [0.5, 0.6) is 0 Å². The summed E-state index contributed by atoms with van der Waals surface area (Å²) in [7, 11) is -6.58. The van der Waals surface area contributed by atoms with Crippen LogP contribution in [0.3, 0.4) is 0 Å². The molecular weight excluding hydrogens is 414 g/mol.